The monoisotopic (exact) mass is 175 g/mol. The molecular weight excluding hydrogens is 162 g/mol. The maximum Gasteiger partial charge on any atom is 0.221 e. The van der Waals surface area contributed by atoms with Gasteiger partial charge in [0.1, 0.15) is 0 Å². The van der Waals surface area contributed by atoms with E-state index in [0.29, 0.717) is 5.92 Å². The predicted molar refractivity (Wildman–Crippen MR) is 51.2 cm³/mol. The van der Waals surface area contributed by atoms with Gasteiger partial charge in [-0.2, -0.15) is 0 Å². The van der Waals surface area contributed by atoms with Crippen molar-refractivity contribution in [2.24, 2.45) is 11.7 Å². The molecule has 0 aliphatic heterocycles. The van der Waals surface area contributed by atoms with Gasteiger partial charge < -0.3 is 5.73 Å². The number of benzene rings is 1. The number of hydrogen-bond acceptors (Lipinski definition) is 1. The van der Waals surface area contributed by atoms with E-state index in [1.165, 1.54) is 11.1 Å². The Bertz CT molecular complexity index is 346. The molecule has 2 heteroatoms. The lowest BCUT2D eigenvalue weighted by atomic mass is 10.1. The standard InChI is InChI=1S/C11H13NO/c1-7-3-2-4-8(5-7)9-6-10(9)11(12)13/h2-5,9-10H,6H2,1H3,(H2,12,13)/t9-,10+/m1/s1. The summed E-state index contributed by atoms with van der Waals surface area (Å²) in [6.07, 6.45) is 0.929. The third-order valence-electron chi connectivity index (χ3n) is 2.63. The number of nitrogens with two attached hydrogens (primary N) is 1. The molecule has 0 unspecified atom stereocenters. The SMILES string of the molecule is Cc1cccc([C@H]2C[C@@H]2C(N)=O)c1. The van der Waals surface area contributed by atoms with Crippen LogP contribution in [-0.4, -0.2) is 5.91 Å². The largest absolute Gasteiger partial charge is 0.369 e. The van der Waals surface area contributed by atoms with Crippen molar-refractivity contribution in [3.8, 4) is 0 Å². The number of primary amides is 1. The van der Waals surface area contributed by atoms with Gasteiger partial charge in [0.25, 0.3) is 0 Å². The van der Waals surface area contributed by atoms with Gasteiger partial charge in [-0.1, -0.05) is 29.8 Å². The van der Waals surface area contributed by atoms with E-state index < -0.39 is 0 Å². The Morgan fingerprint density at radius 3 is 2.85 bits per heavy atom. The van der Waals surface area contributed by atoms with Crippen molar-refractivity contribution < 1.29 is 4.79 Å². The minimum absolute atomic E-state index is 0.0850. The second-order valence-electron chi connectivity index (χ2n) is 3.77. The second kappa shape index (κ2) is 2.87. The zero-order valence-corrected chi connectivity index (χ0v) is 7.66. The lowest BCUT2D eigenvalue weighted by molar-refractivity contribution is -0.119. The Balaban J connectivity index is 2.16. The Kier molecular flexibility index (Phi) is 1.83. The molecule has 0 spiro atoms. The van der Waals surface area contributed by atoms with E-state index in [1.807, 2.05) is 6.07 Å². The lowest BCUT2D eigenvalue weighted by Gasteiger charge is -1.99. The summed E-state index contributed by atoms with van der Waals surface area (Å²) in [5, 5.41) is 0. The number of amides is 1. The van der Waals surface area contributed by atoms with Crippen molar-refractivity contribution in [1.29, 1.82) is 0 Å². The molecule has 13 heavy (non-hydrogen) atoms. The summed E-state index contributed by atoms with van der Waals surface area (Å²) < 4.78 is 0. The average Bonchev–Trinajstić information content (AvgIpc) is 2.82. The number of carbonyl (C=O) groups is 1. The third kappa shape index (κ3) is 1.57. The molecule has 2 nitrogen and oxygen atoms in total. The Labute approximate surface area is 77.8 Å². The molecule has 1 aliphatic carbocycles. The molecular formula is C11H13NO. The van der Waals surface area contributed by atoms with Crippen LogP contribution in [0.15, 0.2) is 24.3 Å². The highest BCUT2D eigenvalue weighted by atomic mass is 16.1. The molecule has 0 bridgehead atoms. The smallest absolute Gasteiger partial charge is 0.221 e. The molecule has 1 aliphatic rings. The molecule has 2 rings (SSSR count). The topological polar surface area (TPSA) is 43.1 Å². The van der Waals surface area contributed by atoms with E-state index in [4.69, 9.17) is 5.73 Å². The maximum absolute atomic E-state index is 10.9. The van der Waals surface area contributed by atoms with Gasteiger partial charge in [-0.15, -0.1) is 0 Å². The van der Waals surface area contributed by atoms with Gasteiger partial charge >= 0.3 is 0 Å². The molecule has 2 N–H and O–H groups in total. The normalized spacial score (nSPS) is 25.6. The first-order valence-electron chi connectivity index (χ1n) is 4.54. The molecule has 0 radical (unpaired) electrons. The molecule has 1 saturated carbocycles. The van der Waals surface area contributed by atoms with Crippen LogP contribution >= 0.6 is 0 Å². The van der Waals surface area contributed by atoms with Crippen LogP contribution in [0.25, 0.3) is 0 Å². The Morgan fingerprint density at radius 1 is 1.54 bits per heavy atom. The van der Waals surface area contributed by atoms with Crippen LogP contribution in [0.4, 0.5) is 0 Å². The van der Waals surface area contributed by atoms with Crippen LogP contribution in [0.2, 0.25) is 0 Å². The van der Waals surface area contributed by atoms with Crippen LogP contribution in [0.3, 0.4) is 0 Å². The van der Waals surface area contributed by atoms with E-state index in [9.17, 15) is 4.79 Å². The lowest BCUT2D eigenvalue weighted by Crippen LogP contribution is -2.13. The van der Waals surface area contributed by atoms with Gasteiger partial charge in [0, 0.05) is 5.92 Å². The Hall–Kier alpha value is -1.31. The third-order valence-corrected chi connectivity index (χ3v) is 2.63. The van der Waals surface area contributed by atoms with Crippen molar-refractivity contribution in [1.82, 2.24) is 0 Å². The summed E-state index contributed by atoms with van der Waals surface area (Å²) in [6, 6.07) is 8.29. The molecule has 1 fully saturated rings. The molecule has 1 aromatic carbocycles. The fraction of sp³-hybridized carbons (Fsp3) is 0.364. The molecule has 0 aromatic heterocycles. The molecule has 2 atom stereocenters. The van der Waals surface area contributed by atoms with E-state index in [-0.39, 0.29) is 11.8 Å². The van der Waals surface area contributed by atoms with E-state index >= 15 is 0 Å². The minimum Gasteiger partial charge on any atom is -0.369 e. The highest BCUT2D eigenvalue weighted by molar-refractivity contribution is 5.81. The fourth-order valence-corrected chi connectivity index (χ4v) is 1.78. The number of carbonyl (C=O) groups excluding carboxylic acids is 1. The summed E-state index contributed by atoms with van der Waals surface area (Å²) in [4.78, 5) is 10.9. The van der Waals surface area contributed by atoms with Gasteiger partial charge in [0.05, 0.1) is 0 Å². The van der Waals surface area contributed by atoms with E-state index in [0.717, 1.165) is 6.42 Å². The molecule has 0 heterocycles. The van der Waals surface area contributed by atoms with Crippen molar-refractivity contribution in [2.45, 2.75) is 19.3 Å². The van der Waals surface area contributed by atoms with Crippen molar-refractivity contribution >= 4 is 5.91 Å². The number of rotatable bonds is 2. The van der Waals surface area contributed by atoms with E-state index in [1.54, 1.807) is 0 Å². The van der Waals surface area contributed by atoms with Gasteiger partial charge in [-0.25, -0.2) is 0 Å². The van der Waals surface area contributed by atoms with Crippen molar-refractivity contribution in [3.05, 3.63) is 35.4 Å². The van der Waals surface area contributed by atoms with Crippen LogP contribution < -0.4 is 5.73 Å². The van der Waals surface area contributed by atoms with Crippen LogP contribution in [0, 0.1) is 12.8 Å². The minimum atomic E-state index is -0.161. The molecule has 68 valence electrons. The summed E-state index contributed by atoms with van der Waals surface area (Å²) in [5.74, 6) is 0.311. The Morgan fingerprint density at radius 2 is 2.31 bits per heavy atom. The van der Waals surface area contributed by atoms with Gasteiger partial charge in [-0.3, -0.25) is 4.79 Å². The van der Waals surface area contributed by atoms with Crippen LogP contribution in [-0.2, 0) is 4.79 Å². The van der Waals surface area contributed by atoms with Crippen molar-refractivity contribution in [3.63, 3.8) is 0 Å². The highest BCUT2D eigenvalue weighted by Crippen LogP contribution is 2.47. The number of hydrogen-bond donors (Lipinski definition) is 1. The van der Waals surface area contributed by atoms with Crippen molar-refractivity contribution in [2.75, 3.05) is 0 Å². The quantitative estimate of drug-likeness (QED) is 0.728. The van der Waals surface area contributed by atoms with Crippen LogP contribution in [0.5, 0.6) is 0 Å². The second-order valence-corrected chi connectivity index (χ2v) is 3.77. The molecule has 0 saturated heterocycles. The first-order chi connectivity index (χ1) is 6.18. The maximum atomic E-state index is 10.9. The zero-order chi connectivity index (χ0) is 9.42. The van der Waals surface area contributed by atoms with Gasteiger partial charge in [0.15, 0.2) is 0 Å². The number of aryl methyl sites for hydroxylation is 1. The first kappa shape index (κ1) is 8.30. The van der Waals surface area contributed by atoms with Gasteiger partial charge in [-0.05, 0) is 24.8 Å². The molecule has 1 amide bonds. The van der Waals surface area contributed by atoms with Crippen LogP contribution in [0.1, 0.15) is 23.5 Å². The first-order valence-corrected chi connectivity index (χ1v) is 4.54. The summed E-state index contributed by atoms with van der Waals surface area (Å²) in [5.41, 5.74) is 7.72. The summed E-state index contributed by atoms with van der Waals surface area (Å²) in [6.45, 7) is 2.06. The average molecular weight is 175 g/mol. The fourth-order valence-electron chi connectivity index (χ4n) is 1.78. The highest BCUT2D eigenvalue weighted by Gasteiger charge is 2.42. The zero-order valence-electron chi connectivity index (χ0n) is 7.66. The van der Waals surface area contributed by atoms with Gasteiger partial charge in [0.2, 0.25) is 5.91 Å². The predicted octanol–water partition coefficient (Wildman–Crippen LogP) is 1.58. The molecule has 1 aromatic rings. The summed E-state index contributed by atoms with van der Waals surface area (Å²) >= 11 is 0. The van der Waals surface area contributed by atoms with E-state index in [2.05, 4.69) is 25.1 Å². The summed E-state index contributed by atoms with van der Waals surface area (Å²) in [7, 11) is 0.